The summed E-state index contributed by atoms with van der Waals surface area (Å²) in [5.74, 6) is -0.199. The highest BCUT2D eigenvalue weighted by atomic mass is 16.2. The predicted octanol–water partition coefficient (Wildman–Crippen LogP) is 0.177. The predicted molar refractivity (Wildman–Crippen MR) is 61.7 cm³/mol. The third-order valence-corrected chi connectivity index (χ3v) is 2.30. The number of likely N-dealkylation sites (N-methyl/N-ethyl adjacent to an activating group) is 1. The van der Waals surface area contributed by atoms with E-state index in [-0.39, 0.29) is 11.7 Å². The lowest BCUT2D eigenvalue weighted by atomic mass is 10.2. The summed E-state index contributed by atoms with van der Waals surface area (Å²) in [4.78, 5) is 22.8. The highest BCUT2D eigenvalue weighted by Gasteiger charge is 2.12. The first-order valence-electron chi connectivity index (χ1n) is 5.16. The second-order valence-corrected chi connectivity index (χ2v) is 3.64. The van der Waals surface area contributed by atoms with Gasteiger partial charge in [0.05, 0.1) is 0 Å². The minimum Gasteiger partial charge on any atom is -0.349 e. The van der Waals surface area contributed by atoms with Gasteiger partial charge in [0, 0.05) is 31.9 Å². The van der Waals surface area contributed by atoms with Gasteiger partial charge in [0.1, 0.15) is 5.69 Å². The van der Waals surface area contributed by atoms with Crippen LogP contribution in [0.2, 0.25) is 0 Å². The number of hydrogen-bond acceptors (Lipinski definition) is 3. The van der Waals surface area contributed by atoms with Gasteiger partial charge < -0.3 is 15.2 Å². The molecule has 1 aromatic rings. The van der Waals surface area contributed by atoms with Gasteiger partial charge in [0.25, 0.3) is 5.91 Å². The van der Waals surface area contributed by atoms with Gasteiger partial charge in [-0.2, -0.15) is 0 Å². The molecule has 0 radical (unpaired) electrons. The molecule has 1 rings (SSSR count). The fraction of sp³-hybridized carbons (Fsp3) is 0.455. The van der Waals surface area contributed by atoms with Crippen molar-refractivity contribution in [2.45, 2.75) is 6.92 Å². The van der Waals surface area contributed by atoms with Crippen LogP contribution < -0.4 is 10.6 Å². The topological polar surface area (TPSA) is 63.1 Å². The Morgan fingerprint density at radius 3 is 2.56 bits per heavy atom. The van der Waals surface area contributed by atoms with E-state index in [1.54, 1.807) is 23.9 Å². The van der Waals surface area contributed by atoms with E-state index in [1.165, 1.54) is 6.92 Å². The Labute approximate surface area is 94.8 Å². The average molecular weight is 223 g/mol. The SMILES string of the molecule is CNCCNC(=O)c1cc(C(C)=O)cn1C. The van der Waals surface area contributed by atoms with Crippen molar-refractivity contribution in [2.24, 2.45) is 7.05 Å². The van der Waals surface area contributed by atoms with Crippen LogP contribution in [-0.4, -0.2) is 36.4 Å². The molecule has 2 N–H and O–H groups in total. The summed E-state index contributed by atoms with van der Waals surface area (Å²) in [5.41, 5.74) is 1.06. The Hall–Kier alpha value is -1.62. The Balaban J connectivity index is 2.71. The molecule has 0 aromatic carbocycles. The Morgan fingerprint density at radius 2 is 2.06 bits per heavy atom. The second-order valence-electron chi connectivity index (χ2n) is 3.64. The van der Waals surface area contributed by atoms with Crippen LogP contribution in [0, 0.1) is 0 Å². The van der Waals surface area contributed by atoms with Crippen LogP contribution in [0.4, 0.5) is 0 Å². The summed E-state index contributed by atoms with van der Waals surface area (Å²) >= 11 is 0. The summed E-state index contributed by atoms with van der Waals surface area (Å²) in [6, 6.07) is 1.61. The van der Waals surface area contributed by atoms with Crippen molar-refractivity contribution in [3.63, 3.8) is 0 Å². The summed E-state index contributed by atoms with van der Waals surface area (Å²) in [7, 11) is 3.57. The van der Waals surface area contributed by atoms with Crippen molar-refractivity contribution in [3.05, 3.63) is 23.5 Å². The number of amides is 1. The molecule has 0 atom stereocenters. The molecule has 88 valence electrons. The van der Waals surface area contributed by atoms with Gasteiger partial charge in [-0.15, -0.1) is 0 Å². The molecule has 16 heavy (non-hydrogen) atoms. The van der Waals surface area contributed by atoms with Gasteiger partial charge in [0.15, 0.2) is 5.78 Å². The molecule has 5 heteroatoms. The van der Waals surface area contributed by atoms with Gasteiger partial charge in [-0.05, 0) is 20.0 Å². The zero-order valence-electron chi connectivity index (χ0n) is 9.83. The van der Waals surface area contributed by atoms with E-state index in [0.717, 1.165) is 6.54 Å². The van der Waals surface area contributed by atoms with Crippen molar-refractivity contribution in [2.75, 3.05) is 20.1 Å². The van der Waals surface area contributed by atoms with Crippen LogP contribution in [0.25, 0.3) is 0 Å². The fourth-order valence-electron chi connectivity index (χ4n) is 1.37. The molecule has 0 aliphatic heterocycles. The van der Waals surface area contributed by atoms with Crippen LogP contribution in [0.5, 0.6) is 0 Å². The normalized spacial score (nSPS) is 10.2. The zero-order valence-corrected chi connectivity index (χ0v) is 9.83. The maximum Gasteiger partial charge on any atom is 0.267 e. The molecule has 5 nitrogen and oxygen atoms in total. The highest BCUT2D eigenvalue weighted by molar-refractivity contribution is 5.99. The van der Waals surface area contributed by atoms with Crippen LogP contribution in [0.1, 0.15) is 27.8 Å². The molecule has 1 amide bonds. The number of aromatic nitrogens is 1. The summed E-state index contributed by atoms with van der Waals surface area (Å²) in [6.07, 6.45) is 1.66. The lowest BCUT2D eigenvalue weighted by Crippen LogP contribution is -2.31. The number of nitrogens with zero attached hydrogens (tertiary/aromatic N) is 1. The van der Waals surface area contributed by atoms with E-state index in [1.807, 2.05) is 7.05 Å². The van der Waals surface area contributed by atoms with E-state index >= 15 is 0 Å². The Kier molecular flexibility index (Phi) is 4.25. The molecule has 0 aliphatic rings. The summed E-state index contributed by atoms with van der Waals surface area (Å²) < 4.78 is 1.66. The molecule has 0 saturated heterocycles. The minimum absolute atomic E-state index is 0.0372. The molecule has 0 saturated carbocycles. The first-order valence-corrected chi connectivity index (χ1v) is 5.16. The quantitative estimate of drug-likeness (QED) is 0.553. The molecule has 0 bridgehead atoms. The molecule has 1 heterocycles. The summed E-state index contributed by atoms with van der Waals surface area (Å²) in [6.45, 7) is 2.77. The number of carbonyl (C=O) groups excluding carboxylic acids is 2. The van der Waals surface area contributed by atoms with E-state index < -0.39 is 0 Å². The molecule has 0 spiro atoms. The number of aryl methyl sites for hydroxylation is 1. The number of rotatable bonds is 5. The number of carbonyl (C=O) groups is 2. The van der Waals surface area contributed by atoms with Crippen molar-refractivity contribution in [1.82, 2.24) is 15.2 Å². The molecule has 0 unspecified atom stereocenters. The van der Waals surface area contributed by atoms with Crippen LogP contribution in [0.3, 0.4) is 0 Å². The van der Waals surface area contributed by atoms with Crippen molar-refractivity contribution in [3.8, 4) is 0 Å². The lowest BCUT2D eigenvalue weighted by Gasteiger charge is -2.04. The van der Waals surface area contributed by atoms with Crippen molar-refractivity contribution < 1.29 is 9.59 Å². The Bertz CT molecular complexity index is 396. The summed E-state index contributed by atoms with van der Waals surface area (Å²) in [5, 5.41) is 5.70. The van der Waals surface area contributed by atoms with Crippen molar-refractivity contribution >= 4 is 11.7 Å². The Morgan fingerprint density at radius 1 is 1.38 bits per heavy atom. The van der Waals surface area contributed by atoms with E-state index in [9.17, 15) is 9.59 Å². The first-order chi connectivity index (χ1) is 7.56. The standard InChI is InChI=1S/C11H17N3O2/c1-8(15)9-6-10(14(3)7-9)11(16)13-5-4-12-2/h6-7,12H,4-5H2,1-3H3,(H,13,16). The van der Waals surface area contributed by atoms with Gasteiger partial charge in [-0.25, -0.2) is 0 Å². The van der Waals surface area contributed by atoms with E-state index in [0.29, 0.717) is 17.8 Å². The molecule has 1 aromatic heterocycles. The minimum atomic E-state index is -0.162. The van der Waals surface area contributed by atoms with Gasteiger partial charge in [0.2, 0.25) is 0 Å². The smallest absolute Gasteiger partial charge is 0.267 e. The van der Waals surface area contributed by atoms with Gasteiger partial charge in [-0.3, -0.25) is 9.59 Å². The number of ketones is 1. The first kappa shape index (κ1) is 12.4. The molecule has 0 fully saturated rings. The maximum absolute atomic E-state index is 11.7. The second kappa shape index (κ2) is 5.46. The molecular weight excluding hydrogens is 206 g/mol. The van der Waals surface area contributed by atoms with Crippen LogP contribution >= 0.6 is 0 Å². The third kappa shape index (κ3) is 2.93. The number of Topliss-reactive ketones (excluding diaryl/α,β-unsaturated/α-hetero) is 1. The van der Waals surface area contributed by atoms with Gasteiger partial charge >= 0.3 is 0 Å². The molecule has 0 aliphatic carbocycles. The van der Waals surface area contributed by atoms with Crippen LogP contribution in [-0.2, 0) is 7.05 Å². The largest absolute Gasteiger partial charge is 0.349 e. The number of hydrogen-bond donors (Lipinski definition) is 2. The monoisotopic (exact) mass is 223 g/mol. The third-order valence-electron chi connectivity index (χ3n) is 2.30. The average Bonchev–Trinajstić information content (AvgIpc) is 2.61. The lowest BCUT2D eigenvalue weighted by molar-refractivity contribution is 0.0945. The maximum atomic E-state index is 11.7. The van der Waals surface area contributed by atoms with Crippen molar-refractivity contribution in [1.29, 1.82) is 0 Å². The molecular formula is C11H17N3O2. The van der Waals surface area contributed by atoms with E-state index in [4.69, 9.17) is 0 Å². The van der Waals surface area contributed by atoms with E-state index in [2.05, 4.69) is 10.6 Å². The highest BCUT2D eigenvalue weighted by Crippen LogP contribution is 2.07. The zero-order chi connectivity index (χ0) is 12.1. The van der Waals surface area contributed by atoms with Gasteiger partial charge in [-0.1, -0.05) is 0 Å². The fourth-order valence-corrected chi connectivity index (χ4v) is 1.37. The van der Waals surface area contributed by atoms with Crippen LogP contribution in [0.15, 0.2) is 12.3 Å². The number of nitrogens with one attached hydrogen (secondary N) is 2.